The molecule has 4 heterocycles. The van der Waals surface area contributed by atoms with E-state index in [1.54, 1.807) is 24.8 Å². The van der Waals surface area contributed by atoms with Crippen LogP contribution in [0.4, 0.5) is 0 Å². The van der Waals surface area contributed by atoms with Crippen LogP contribution in [-0.2, 0) is 16.0 Å². The molecular weight excluding hydrogens is 554 g/mol. The summed E-state index contributed by atoms with van der Waals surface area (Å²) in [5, 5.41) is 9.61. The number of nitrogens with zero attached hydrogens (tertiary/aromatic N) is 7. The monoisotopic (exact) mass is 593 g/mol. The van der Waals surface area contributed by atoms with Gasteiger partial charge in [-0.2, -0.15) is 5.26 Å². The number of hydrogen-bond donors (Lipinski definition) is 0. The zero-order chi connectivity index (χ0) is 31.3. The van der Waals surface area contributed by atoms with Crippen molar-refractivity contribution in [1.29, 1.82) is 5.26 Å². The van der Waals surface area contributed by atoms with Crippen molar-refractivity contribution >= 4 is 11.7 Å². The van der Waals surface area contributed by atoms with E-state index in [2.05, 4.69) is 46.8 Å². The van der Waals surface area contributed by atoms with Gasteiger partial charge in [-0.3, -0.25) is 14.8 Å². The molecule has 1 fully saturated rings. The Morgan fingerprint density at radius 3 is 2.34 bits per heavy atom. The fraction of sp³-hybridized carbons (Fsp3) is 0.471. The topological polar surface area (TPSA) is 136 Å². The molecule has 228 valence electrons. The van der Waals surface area contributed by atoms with Crippen LogP contribution >= 0.6 is 0 Å². The molecule has 1 saturated carbocycles. The van der Waals surface area contributed by atoms with Crippen LogP contribution in [-0.4, -0.2) is 56.9 Å². The minimum Gasteiger partial charge on any atom is -0.467 e. The Morgan fingerprint density at radius 1 is 1.02 bits per heavy atom. The predicted octanol–water partition coefficient (Wildman–Crippen LogP) is 5.68. The molecule has 1 aliphatic heterocycles. The smallest absolute Gasteiger partial charge is 0.316 e. The van der Waals surface area contributed by atoms with E-state index in [9.17, 15) is 10.1 Å². The highest BCUT2D eigenvalue weighted by Gasteiger charge is 2.36. The lowest BCUT2D eigenvalue weighted by molar-refractivity contribution is -0.150. The van der Waals surface area contributed by atoms with Crippen LogP contribution in [0.5, 0.6) is 6.01 Å². The van der Waals surface area contributed by atoms with E-state index in [4.69, 9.17) is 19.4 Å². The lowest BCUT2D eigenvalue weighted by atomic mass is 9.73. The molecule has 1 atom stereocenters. The van der Waals surface area contributed by atoms with E-state index < -0.39 is 5.92 Å². The van der Waals surface area contributed by atoms with Gasteiger partial charge in [0.25, 0.3) is 0 Å². The Hall–Kier alpha value is -4.52. The Morgan fingerprint density at radius 2 is 1.75 bits per heavy atom. The van der Waals surface area contributed by atoms with E-state index in [1.807, 2.05) is 25.1 Å². The van der Waals surface area contributed by atoms with Gasteiger partial charge in [0.15, 0.2) is 0 Å². The molecule has 0 amide bonds. The van der Waals surface area contributed by atoms with E-state index in [0.717, 1.165) is 60.3 Å². The van der Waals surface area contributed by atoms with Crippen molar-refractivity contribution in [3.8, 4) is 23.2 Å². The minimum atomic E-state index is -0.452. The van der Waals surface area contributed by atoms with Gasteiger partial charge in [0, 0.05) is 42.3 Å². The fourth-order valence-corrected chi connectivity index (χ4v) is 5.78. The largest absolute Gasteiger partial charge is 0.467 e. The highest BCUT2D eigenvalue weighted by atomic mass is 16.5. The third-order valence-electron chi connectivity index (χ3n) is 8.19. The van der Waals surface area contributed by atoms with Gasteiger partial charge in [0.2, 0.25) is 0 Å². The fourth-order valence-electron chi connectivity index (χ4n) is 5.78. The molecular formula is C34H39N7O3. The summed E-state index contributed by atoms with van der Waals surface area (Å²) in [4.78, 5) is 40.5. The Balaban J connectivity index is 1.30. The number of aliphatic imine (C=N–C) groups is 1. The van der Waals surface area contributed by atoms with Gasteiger partial charge in [-0.15, -0.1) is 0 Å². The van der Waals surface area contributed by atoms with E-state index >= 15 is 0 Å². The molecule has 1 aliphatic carbocycles. The predicted molar refractivity (Wildman–Crippen MR) is 166 cm³/mol. The van der Waals surface area contributed by atoms with Gasteiger partial charge < -0.3 is 9.47 Å². The van der Waals surface area contributed by atoms with Gasteiger partial charge in [-0.25, -0.2) is 19.9 Å². The van der Waals surface area contributed by atoms with E-state index in [1.165, 1.54) is 7.11 Å². The average Bonchev–Trinajstić information content (AvgIpc) is 3.46. The SMILES string of the molecule is COc1ncc(-c2ccc(C(C(=O)OCC(C)(C)C)C3CCC(Cc4ncc(C#N)c(C5=NCC=C5C)n4)CC3)nc2)cn1. The summed E-state index contributed by atoms with van der Waals surface area (Å²) < 4.78 is 10.9. The number of allylic oxidation sites excluding steroid dienone is 1. The number of carbonyl (C=O) groups is 1. The first-order chi connectivity index (χ1) is 21.1. The molecule has 44 heavy (non-hydrogen) atoms. The van der Waals surface area contributed by atoms with E-state index in [0.29, 0.717) is 42.0 Å². The molecule has 10 nitrogen and oxygen atoms in total. The number of esters is 1. The molecule has 0 saturated heterocycles. The van der Waals surface area contributed by atoms with Crippen molar-refractivity contribution in [2.75, 3.05) is 20.3 Å². The summed E-state index contributed by atoms with van der Waals surface area (Å²) in [7, 11) is 1.53. The molecule has 0 spiro atoms. The standard InChI is InChI=1S/C34H39N7O3/c1-21-12-13-36-30(21)31-25(15-35)17-38-28(41-31)14-22-6-8-23(9-7-22)29(32(42)44-20-34(2,3)4)27-11-10-24(16-37-27)26-18-39-33(43-5)40-19-26/h10-12,16-19,22-23,29H,6-9,13-14,20H2,1-5H3. The average molecular weight is 594 g/mol. The van der Waals surface area contributed by atoms with Gasteiger partial charge in [-0.05, 0) is 61.5 Å². The minimum absolute atomic E-state index is 0.111. The summed E-state index contributed by atoms with van der Waals surface area (Å²) in [5.74, 6) is 0.542. The van der Waals surface area contributed by atoms with Crippen molar-refractivity contribution in [2.24, 2.45) is 22.2 Å². The number of ether oxygens (including phenoxy) is 2. The number of rotatable bonds is 9. The van der Waals surface area contributed by atoms with Gasteiger partial charge in [0.05, 0.1) is 37.2 Å². The summed E-state index contributed by atoms with van der Waals surface area (Å²) in [5.41, 5.74) is 5.14. The number of aromatic nitrogens is 5. The first-order valence-corrected chi connectivity index (χ1v) is 15.1. The second kappa shape index (κ2) is 13.4. The quantitative estimate of drug-likeness (QED) is 0.287. The summed E-state index contributed by atoms with van der Waals surface area (Å²) in [6.07, 6.45) is 13.1. The lowest BCUT2D eigenvalue weighted by Crippen LogP contribution is -2.30. The molecule has 1 unspecified atom stereocenters. The van der Waals surface area contributed by atoms with Crippen LogP contribution in [0.1, 0.15) is 82.1 Å². The van der Waals surface area contributed by atoms with Crippen molar-refractivity contribution in [3.05, 3.63) is 71.3 Å². The van der Waals surface area contributed by atoms with Crippen molar-refractivity contribution in [1.82, 2.24) is 24.9 Å². The third-order valence-corrected chi connectivity index (χ3v) is 8.19. The van der Waals surface area contributed by atoms with Gasteiger partial charge in [0.1, 0.15) is 23.5 Å². The van der Waals surface area contributed by atoms with Crippen LogP contribution in [0.2, 0.25) is 0 Å². The van der Waals surface area contributed by atoms with Gasteiger partial charge in [-0.1, -0.05) is 32.9 Å². The molecule has 2 aliphatic rings. The Kier molecular flexibility index (Phi) is 9.43. The Bertz CT molecular complexity index is 1580. The summed E-state index contributed by atoms with van der Waals surface area (Å²) >= 11 is 0. The summed E-state index contributed by atoms with van der Waals surface area (Å²) in [6, 6.07) is 6.39. The van der Waals surface area contributed by atoms with Crippen molar-refractivity contribution in [3.63, 3.8) is 0 Å². The second-order valence-electron chi connectivity index (χ2n) is 12.8. The summed E-state index contributed by atoms with van der Waals surface area (Å²) in [6.45, 7) is 9.11. The van der Waals surface area contributed by atoms with E-state index in [-0.39, 0.29) is 17.3 Å². The number of nitriles is 1. The maximum Gasteiger partial charge on any atom is 0.316 e. The first kappa shape index (κ1) is 30.9. The number of carbonyl (C=O) groups excluding carboxylic acids is 1. The molecule has 3 aromatic rings. The Labute approximate surface area is 258 Å². The highest BCUT2D eigenvalue weighted by Crippen LogP contribution is 2.40. The molecule has 0 radical (unpaired) electrons. The lowest BCUT2D eigenvalue weighted by Gasteiger charge is -2.33. The molecule has 0 bridgehead atoms. The third kappa shape index (κ3) is 7.33. The number of methoxy groups -OCH3 is 1. The normalized spacial score (nSPS) is 19.0. The first-order valence-electron chi connectivity index (χ1n) is 15.1. The molecule has 0 aromatic carbocycles. The number of pyridine rings is 1. The van der Waals surface area contributed by atoms with Crippen LogP contribution in [0.25, 0.3) is 11.1 Å². The molecule has 0 N–H and O–H groups in total. The molecule has 5 rings (SSSR count). The zero-order valence-electron chi connectivity index (χ0n) is 26.1. The maximum atomic E-state index is 13.6. The maximum absolute atomic E-state index is 13.6. The molecule has 3 aromatic heterocycles. The second-order valence-corrected chi connectivity index (χ2v) is 12.8. The van der Waals surface area contributed by atoms with Crippen LogP contribution in [0.15, 0.2) is 53.6 Å². The number of hydrogen-bond acceptors (Lipinski definition) is 10. The van der Waals surface area contributed by atoms with Crippen LogP contribution in [0, 0.1) is 28.6 Å². The van der Waals surface area contributed by atoms with Crippen LogP contribution in [0.3, 0.4) is 0 Å². The van der Waals surface area contributed by atoms with Crippen molar-refractivity contribution in [2.45, 2.75) is 65.7 Å². The molecule has 10 heteroatoms. The zero-order valence-corrected chi connectivity index (χ0v) is 26.1. The van der Waals surface area contributed by atoms with Gasteiger partial charge >= 0.3 is 12.0 Å². The van der Waals surface area contributed by atoms with Crippen LogP contribution < -0.4 is 4.74 Å². The highest BCUT2D eigenvalue weighted by molar-refractivity contribution is 6.13. The van der Waals surface area contributed by atoms with Crippen molar-refractivity contribution < 1.29 is 14.3 Å².